The summed E-state index contributed by atoms with van der Waals surface area (Å²) in [6.45, 7) is 1.81. The number of hydrogen-bond acceptors (Lipinski definition) is 3. The third-order valence-corrected chi connectivity index (χ3v) is 4.88. The third-order valence-electron chi connectivity index (χ3n) is 4.88. The Morgan fingerprint density at radius 1 is 1.10 bits per heavy atom. The Balaban J connectivity index is 1.50. The van der Waals surface area contributed by atoms with Crippen LogP contribution in [0, 0.1) is 5.82 Å². The Bertz CT molecular complexity index is 1170. The average molecular weight is 389 g/mol. The number of methoxy groups -OCH3 is 1. The number of benzene rings is 3. The molecule has 0 aliphatic rings. The molecule has 1 amide bonds. The average Bonchev–Trinajstić information content (AvgIpc) is 3.18. The number of amides is 1. The van der Waals surface area contributed by atoms with E-state index in [0.29, 0.717) is 11.1 Å². The molecular formula is C23H20FN3O2. The molecule has 0 aliphatic heterocycles. The van der Waals surface area contributed by atoms with Gasteiger partial charge in [0, 0.05) is 11.3 Å². The Labute approximate surface area is 167 Å². The van der Waals surface area contributed by atoms with Crippen LogP contribution in [0.5, 0.6) is 5.75 Å². The largest absolute Gasteiger partial charge is 0.494 e. The number of rotatable bonds is 5. The third kappa shape index (κ3) is 3.69. The van der Waals surface area contributed by atoms with Crippen LogP contribution in [-0.4, -0.2) is 22.6 Å². The van der Waals surface area contributed by atoms with Crippen LogP contribution in [-0.2, 0) is 0 Å². The van der Waals surface area contributed by atoms with Gasteiger partial charge in [-0.2, -0.15) is 0 Å². The lowest BCUT2D eigenvalue weighted by molar-refractivity contribution is 0.0940. The topological polar surface area (TPSA) is 56.1 Å². The molecule has 29 heavy (non-hydrogen) atoms. The fourth-order valence-corrected chi connectivity index (χ4v) is 3.25. The van der Waals surface area contributed by atoms with Gasteiger partial charge in [-0.1, -0.05) is 18.2 Å². The Hall–Kier alpha value is -3.67. The molecule has 0 radical (unpaired) electrons. The summed E-state index contributed by atoms with van der Waals surface area (Å²) in [6, 6.07) is 19.5. The van der Waals surface area contributed by atoms with Gasteiger partial charge in [0.1, 0.15) is 6.33 Å². The minimum Gasteiger partial charge on any atom is -0.494 e. The van der Waals surface area contributed by atoms with E-state index in [9.17, 15) is 9.18 Å². The van der Waals surface area contributed by atoms with Crippen molar-refractivity contribution in [2.24, 2.45) is 0 Å². The van der Waals surface area contributed by atoms with Crippen molar-refractivity contribution in [3.63, 3.8) is 0 Å². The number of nitrogens with one attached hydrogen (secondary N) is 1. The summed E-state index contributed by atoms with van der Waals surface area (Å²) < 4.78 is 20.8. The van der Waals surface area contributed by atoms with E-state index in [1.165, 1.54) is 13.2 Å². The normalized spacial score (nSPS) is 12.0. The number of para-hydroxylation sites is 2. The Kier molecular flexibility index (Phi) is 4.99. The van der Waals surface area contributed by atoms with Crippen molar-refractivity contribution in [1.29, 1.82) is 0 Å². The van der Waals surface area contributed by atoms with E-state index in [-0.39, 0.29) is 17.7 Å². The SMILES string of the molecule is COc1ccc(C(C)NC(=O)c2ccc(-n3cnc4ccccc43)cc2)cc1F. The van der Waals surface area contributed by atoms with E-state index in [1.807, 2.05) is 47.9 Å². The molecule has 1 atom stereocenters. The highest BCUT2D eigenvalue weighted by molar-refractivity contribution is 5.94. The second kappa shape index (κ2) is 7.75. The number of ether oxygens (including phenoxy) is 1. The lowest BCUT2D eigenvalue weighted by Crippen LogP contribution is -2.26. The van der Waals surface area contributed by atoms with Gasteiger partial charge in [-0.05, 0) is 61.0 Å². The van der Waals surface area contributed by atoms with Crippen molar-refractivity contribution in [2.75, 3.05) is 7.11 Å². The molecule has 0 fully saturated rings. The summed E-state index contributed by atoms with van der Waals surface area (Å²) in [5.41, 5.74) is 4.02. The summed E-state index contributed by atoms with van der Waals surface area (Å²) in [5.74, 6) is -0.506. The molecule has 0 saturated carbocycles. The van der Waals surface area contributed by atoms with Crippen molar-refractivity contribution in [1.82, 2.24) is 14.9 Å². The molecule has 0 bridgehead atoms. The predicted octanol–water partition coefficient (Wildman–Crippen LogP) is 4.66. The van der Waals surface area contributed by atoms with E-state index in [0.717, 1.165) is 16.7 Å². The van der Waals surface area contributed by atoms with Gasteiger partial charge in [0.25, 0.3) is 5.91 Å². The van der Waals surface area contributed by atoms with Crippen LogP contribution in [0.15, 0.2) is 73.1 Å². The van der Waals surface area contributed by atoms with E-state index in [4.69, 9.17) is 4.74 Å². The summed E-state index contributed by atoms with van der Waals surface area (Å²) in [6.07, 6.45) is 1.76. The zero-order chi connectivity index (χ0) is 20.4. The first-order valence-electron chi connectivity index (χ1n) is 9.23. The molecule has 0 spiro atoms. The van der Waals surface area contributed by atoms with Crippen LogP contribution in [0.3, 0.4) is 0 Å². The second-order valence-electron chi connectivity index (χ2n) is 6.74. The van der Waals surface area contributed by atoms with Crippen molar-refractivity contribution >= 4 is 16.9 Å². The number of fused-ring (bicyclic) bond motifs is 1. The fraction of sp³-hybridized carbons (Fsp3) is 0.130. The Morgan fingerprint density at radius 2 is 1.86 bits per heavy atom. The summed E-state index contributed by atoms with van der Waals surface area (Å²) in [5, 5.41) is 2.90. The van der Waals surface area contributed by atoms with Crippen LogP contribution in [0.4, 0.5) is 4.39 Å². The van der Waals surface area contributed by atoms with E-state index in [2.05, 4.69) is 10.3 Å². The highest BCUT2D eigenvalue weighted by Gasteiger charge is 2.14. The zero-order valence-corrected chi connectivity index (χ0v) is 16.1. The molecule has 4 rings (SSSR count). The van der Waals surface area contributed by atoms with Gasteiger partial charge in [0.15, 0.2) is 11.6 Å². The molecule has 146 valence electrons. The van der Waals surface area contributed by atoms with Crippen molar-refractivity contribution in [2.45, 2.75) is 13.0 Å². The van der Waals surface area contributed by atoms with Crippen LogP contribution in [0.2, 0.25) is 0 Å². The van der Waals surface area contributed by atoms with Crippen molar-refractivity contribution in [3.8, 4) is 11.4 Å². The standard InChI is InChI=1S/C23H20FN3O2/c1-15(17-9-12-22(29-2)19(24)13-17)26-23(28)16-7-10-18(11-8-16)27-14-25-20-5-3-4-6-21(20)27/h3-15H,1-2H3,(H,26,28). The molecule has 0 saturated heterocycles. The summed E-state index contributed by atoms with van der Waals surface area (Å²) in [7, 11) is 1.42. The molecular weight excluding hydrogens is 369 g/mol. The minimum absolute atomic E-state index is 0.176. The van der Waals surface area contributed by atoms with Crippen molar-refractivity contribution in [3.05, 3.63) is 90.0 Å². The van der Waals surface area contributed by atoms with E-state index < -0.39 is 5.82 Å². The van der Waals surface area contributed by atoms with Gasteiger partial charge < -0.3 is 10.1 Å². The first kappa shape index (κ1) is 18.7. The van der Waals surface area contributed by atoms with E-state index >= 15 is 0 Å². The molecule has 1 unspecified atom stereocenters. The number of halogens is 1. The Morgan fingerprint density at radius 3 is 2.59 bits per heavy atom. The van der Waals surface area contributed by atoms with E-state index in [1.54, 1.807) is 30.6 Å². The zero-order valence-electron chi connectivity index (χ0n) is 16.1. The van der Waals surface area contributed by atoms with Crippen LogP contribution >= 0.6 is 0 Å². The molecule has 1 heterocycles. The predicted molar refractivity (Wildman–Crippen MR) is 110 cm³/mol. The van der Waals surface area contributed by atoms with Crippen LogP contribution in [0.1, 0.15) is 28.9 Å². The highest BCUT2D eigenvalue weighted by Crippen LogP contribution is 2.22. The smallest absolute Gasteiger partial charge is 0.251 e. The lowest BCUT2D eigenvalue weighted by atomic mass is 10.1. The fourth-order valence-electron chi connectivity index (χ4n) is 3.25. The number of aromatic nitrogens is 2. The van der Waals surface area contributed by atoms with Crippen LogP contribution < -0.4 is 10.1 Å². The molecule has 1 aromatic heterocycles. The monoisotopic (exact) mass is 389 g/mol. The second-order valence-corrected chi connectivity index (χ2v) is 6.74. The first-order valence-corrected chi connectivity index (χ1v) is 9.23. The number of imidazole rings is 1. The van der Waals surface area contributed by atoms with Gasteiger partial charge in [0.2, 0.25) is 0 Å². The lowest BCUT2D eigenvalue weighted by Gasteiger charge is -2.15. The van der Waals surface area contributed by atoms with Crippen LogP contribution in [0.25, 0.3) is 16.7 Å². The maximum absolute atomic E-state index is 13.9. The molecule has 3 aromatic carbocycles. The summed E-state index contributed by atoms with van der Waals surface area (Å²) >= 11 is 0. The molecule has 1 N–H and O–H groups in total. The molecule has 4 aromatic rings. The minimum atomic E-state index is -0.456. The van der Waals surface area contributed by atoms with Gasteiger partial charge in [-0.25, -0.2) is 9.37 Å². The molecule has 5 nitrogen and oxygen atoms in total. The maximum Gasteiger partial charge on any atom is 0.251 e. The summed E-state index contributed by atoms with van der Waals surface area (Å²) in [4.78, 5) is 17.0. The number of hydrogen-bond donors (Lipinski definition) is 1. The van der Waals surface area contributed by atoms with Gasteiger partial charge in [-0.3, -0.25) is 9.36 Å². The highest BCUT2D eigenvalue weighted by atomic mass is 19.1. The van der Waals surface area contributed by atoms with Crippen molar-refractivity contribution < 1.29 is 13.9 Å². The van der Waals surface area contributed by atoms with Gasteiger partial charge in [0.05, 0.1) is 24.2 Å². The maximum atomic E-state index is 13.9. The quantitative estimate of drug-likeness (QED) is 0.540. The molecule has 0 aliphatic carbocycles. The first-order chi connectivity index (χ1) is 14.1. The van der Waals surface area contributed by atoms with Gasteiger partial charge in [-0.15, -0.1) is 0 Å². The number of carbonyl (C=O) groups is 1. The number of carbonyl (C=O) groups excluding carboxylic acids is 1. The number of nitrogens with zero attached hydrogens (tertiary/aromatic N) is 2. The van der Waals surface area contributed by atoms with Gasteiger partial charge >= 0.3 is 0 Å². The molecule has 6 heteroatoms.